The monoisotopic (exact) mass is 331 g/mol. The van der Waals surface area contributed by atoms with Gasteiger partial charge in [-0.15, -0.1) is 5.10 Å². The molecule has 0 aliphatic rings. The average Bonchev–Trinajstić information content (AvgIpc) is 2.88. The molecule has 100 valence electrons. The van der Waals surface area contributed by atoms with Crippen LogP contribution in [0.3, 0.4) is 0 Å². The van der Waals surface area contributed by atoms with E-state index in [4.69, 9.17) is 4.74 Å². The molecular weight excluding hydrogens is 322 g/mol. The molecule has 0 saturated carbocycles. The van der Waals surface area contributed by atoms with Crippen molar-refractivity contribution >= 4 is 32.9 Å². The van der Waals surface area contributed by atoms with Crippen LogP contribution in [0, 0.1) is 0 Å². The Morgan fingerprint density at radius 1 is 1.15 bits per heavy atom. The minimum absolute atomic E-state index is 0.0285. The average molecular weight is 332 g/mol. The van der Waals surface area contributed by atoms with Crippen LogP contribution in [0.2, 0.25) is 0 Å². The standard InChI is InChI=1S/C14H10BrN3O2/c15-11-6-2-1-5-10(11)14(19)20-9-18-13-8-4-3-7-12(13)16-17-18/h1-8H,9H2. The van der Waals surface area contributed by atoms with Crippen molar-refractivity contribution in [3.05, 3.63) is 58.6 Å². The third kappa shape index (κ3) is 2.42. The van der Waals surface area contributed by atoms with Gasteiger partial charge in [-0.05, 0) is 40.2 Å². The molecule has 3 rings (SSSR count). The number of halogens is 1. The van der Waals surface area contributed by atoms with Gasteiger partial charge in [-0.1, -0.05) is 29.5 Å². The number of rotatable bonds is 3. The predicted octanol–water partition coefficient (Wildman–Crippen LogP) is 3.01. The first-order valence-electron chi connectivity index (χ1n) is 5.95. The molecule has 3 aromatic rings. The van der Waals surface area contributed by atoms with E-state index in [0.29, 0.717) is 10.0 Å². The number of esters is 1. The number of ether oxygens (including phenoxy) is 1. The lowest BCUT2D eigenvalue weighted by Crippen LogP contribution is -2.11. The smallest absolute Gasteiger partial charge is 0.341 e. The number of benzene rings is 2. The van der Waals surface area contributed by atoms with E-state index < -0.39 is 5.97 Å². The first-order valence-corrected chi connectivity index (χ1v) is 6.75. The molecule has 0 amide bonds. The summed E-state index contributed by atoms with van der Waals surface area (Å²) in [5.74, 6) is -0.406. The van der Waals surface area contributed by atoms with Crippen LogP contribution in [0.25, 0.3) is 11.0 Å². The molecule has 0 unspecified atom stereocenters. The minimum atomic E-state index is -0.406. The Balaban J connectivity index is 1.77. The molecule has 0 atom stereocenters. The zero-order valence-electron chi connectivity index (χ0n) is 10.4. The summed E-state index contributed by atoms with van der Waals surface area (Å²) >= 11 is 3.32. The Kier molecular flexibility index (Phi) is 3.47. The summed E-state index contributed by atoms with van der Waals surface area (Å²) in [5, 5.41) is 7.96. The second kappa shape index (κ2) is 5.42. The Labute approximate surface area is 123 Å². The van der Waals surface area contributed by atoms with Crippen LogP contribution in [-0.2, 0) is 11.5 Å². The van der Waals surface area contributed by atoms with E-state index >= 15 is 0 Å². The molecule has 0 saturated heterocycles. The maximum Gasteiger partial charge on any atom is 0.341 e. The lowest BCUT2D eigenvalue weighted by atomic mass is 10.2. The summed E-state index contributed by atoms with van der Waals surface area (Å²) in [6.45, 7) is 0.0285. The highest BCUT2D eigenvalue weighted by Gasteiger charge is 2.12. The van der Waals surface area contributed by atoms with Crippen LogP contribution in [0.4, 0.5) is 0 Å². The topological polar surface area (TPSA) is 57.0 Å². The van der Waals surface area contributed by atoms with Crippen molar-refractivity contribution in [1.82, 2.24) is 15.0 Å². The van der Waals surface area contributed by atoms with Crippen molar-refractivity contribution < 1.29 is 9.53 Å². The fourth-order valence-corrected chi connectivity index (χ4v) is 2.28. The number of hydrogen-bond acceptors (Lipinski definition) is 4. The summed E-state index contributed by atoms with van der Waals surface area (Å²) in [5.41, 5.74) is 2.08. The van der Waals surface area contributed by atoms with E-state index in [0.717, 1.165) is 11.0 Å². The zero-order chi connectivity index (χ0) is 13.9. The molecule has 5 nitrogen and oxygen atoms in total. The Morgan fingerprint density at radius 2 is 1.90 bits per heavy atom. The number of hydrogen-bond donors (Lipinski definition) is 0. The highest BCUT2D eigenvalue weighted by molar-refractivity contribution is 9.10. The first-order chi connectivity index (χ1) is 9.75. The van der Waals surface area contributed by atoms with Crippen molar-refractivity contribution in [2.24, 2.45) is 0 Å². The molecule has 6 heteroatoms. The van der Waals surface area contributed by atoms with E-state index in [1.807, 2.05) is 30.3 Å². The van der Waals surface area contributed by atoms with Gasteiger partial charge < -0.3 is 4.74 Å². The molecule has 0 N–H and O–H groups in total. The van der Waals surface area contributed by atoms with Gasteiger partial charge in [0, 0.05) is 4.47 Å². The minimum Gasteiger partial charge on any atom is -0.439 e. The van der Waals surface area contributed by atoms with Crippen LogP contribution in [0.1, 0.15) is 10.4 Å². The fraction of sp³-hybridized carbons (Fsp3) is 0.0714. The van der Waals surface area contributed by atoms with Crippen LogP contribution >= 0.6 is 15.9 Å². The number of carbonyl (C=O) groups excluding carboxylic acids is 1. The van der Waals surface area contributed by atoms with Gasteiger partial charge in [0.25, 0.3) is 0 Å². The number of carbonyl (C=O) groups is 1. The summed E-state index contributed by atoms with van der Waals surface area (Å²) < 4.78 is 7.50. The first kappa shape index (κ1) is 12.8. The number of nitrogens with zero attached hydrogens (tertiary/aromatic N) is 3. The van der Waals surface area contributed by atoms with Gasteiger partial charge in [0.05, 0.1) is 11.1 Å². The summed E-state index contributed by atoms with van der Waals surface area (Å²) in [6.07, 6.45) is 0. The number of para-hydroxylation sites is 1. The molecule has 0 fully saturated rings. The maximum absolute atomic E-state index is 12.0. The maximum atomic E-state index is 12.0. The normalized spacial score (nSPS) is 10.7. The summed E-state index contributed by atoms with van der Waals surface area (Å²) in [7, 11) is 0. The van der Waals surface area contributed by atoms with Gasteiger partial charge in [-0.25, -0.2) is 9.48 Å². The third-order valence-corrected chi connectivity index (χ3v) is 3.52. The van der Waals surface area contributed by atoms with Crippen molar-refractivity contribution in [1.29, 1.82) is 0 Å². The molecule has 0 aliphatic carbocycles. The van der Waals surface area contributed by atoms with E-state index in [-0.39, 0.29) is 6.73 Å². The number of fused-ring (bicyclic) bond motifs is 1. The highest BCUT2D eigenvalue weighted by Crippen LogP contribution is 2.17. The van der Waals surface area contributed by atoms with Crippen molar-refractivity contribution in [2.45, 2.75) is 6.73 Å². The zero-order valence-corrected chi connectivity index (χ0v) is 11.9. The quantitative estimate of drug-likeness (QED) is 0.692. The Morgan fingerprint density at radius 3 is 2.75 bits per heavy atom. The highest BCUT2D eigenvalue weighted by atomic mass is 79.9. The molecule has 2 aromatic carbocycles. The van der Waals surface area contributed by atoms with Gasteiger partial charge >= 0.3 is 5.97 Å². The van der Waals surface area contributed by atoms with Gasteiger partial charge in [-0.3, -0.25) is 0 Å². The molecular formula is C14H10BrN3O2. The van der Waals surface area contributed by atoms with Crippen LogP contribution < -0.4 is 0 Å². The fourth-order valence-electron chi connectivity index (χ4n) is 1.84. The summed E-state index contributed by atoms with van der Waals surface area (Å²) in [4.78, 5) is 12.0. The SMILES string of the molecule is O=C(OCn1nnc2ccccc21)c1ccccc1Br. The van der Waals surface area contributed by atoms with Crippen LogP contribution in [0.15, 0.2) is 53.0 Å². The van der Waals surface area contributed by atoms with E-state index in [1.165, 1.54) is 0 Å². The molecule has 1 heterocycles. The van der Waals surface area contributed by atoms with Gasteiger partial charge in [0.1, 0.15) is 5.52 Å². The summed E-state index contributed by atoms with van der Waals surface area (Å²) in [6, 6.07) is 14.6. The van der Waals surface area contributed by atoms with Gasteiger partial charge in [-0.2, -0.15) is 0 Å². The van der Waals surface area contributed by atoms with Gasteiger partial charge in [0.2, 0.25) is 0 Å². The van der Waals surface area contributed by atoms with Crippen molar-refractivity contribution in [3.8, 4) is 0 Å². The molecule has 1 aromatic heterocycles. The second-order valence-electron chi connectivity index (χ2n) is 4.12. The molecule has 0 bridgehead atoms. The van der Waals surface area contributed by atoms with Crippen LogP contribution in [-0.4, -0.2) is 21.0 Å². The van der Waals surface area contributed by atoms with Gasteiger partial charge in [0.15, 0.2) is 6.73 Å². The second-order valence-corrected chi connectivity index (χ2v) is 4.97. The largest absolute Gasteiger partial charge is 0.439 e. The van der Waals surface area contributed by atoms with E-state index in [2.05, 4.69) is 26.2 Å². The van der Waals surface area contributed by atoms with Crippen LogP contribution in [0.5, 0.6) is 0 Å². The Bertz CT molecular complexity index is 770. The lowest BCUT2D eigenvalue weighted by Gasteiger charge is -2.06. The van der Waals surface area contributed by atoms with Crippen molar-refractivity contribution in [2.75, 3.05) is 0 Å². The number of aromatic nitrogens is 3. The molecule has 0 spiro atoms. The molecule has 0 aliphatic heterocycles. The molecule has 20 heavy (non-hydrogen) atoms. The Hall–Kier alpha value is -2.21. The van der Waals surface area contributed by atoms with E-state index in [9.17, 15) is 4.79 Å². The predicted molar refractivity (Wildman–Crippen MR) is 77.1 cm³/mol. The third-order valence-electron chi connectivity index (χ3n) is 2.83. The lowest BCUT2D eigenvalue weighted by molar-refractivity contribution is 0.0353. The van der Waals surface area contributed by atoms with Crippen molar-refractivity contribution in [3.63, 3.8) is 0 Å². The molecule has 0 radical (unpaired) electrons. The van der Waals surface area contributed by atoms with E-state index in [1.54, 1.807) is 22.9 Å².